The van der Waals surface area contributed by atoms with Crippen molar-refractivity contribution in [3.63, 3.8) is 0 Å². The van der Waals surface area contributed by atoms with E-state index < -0.39 is 0 Å². The number of ether oxygens (including phenoxy) is 1. The van der Waals surface area contributed by atoms with Gasteiger partial charge in [0.15, 0.2) is 0 Å². The fourth-order valence-electron chi connectivity index (χ4n) is 3.41. The zero-order valence-corrected chi connectivity index (χ0v) is 13.6. The lowest BCUT2D eigenvalue weighted by atomic mass is 9.72. The molecule has 0 heterocycles. The Morgan fingerprint density at radius 1 is 1.30 bits per heavy atom. The van der Waals surface area contributed by atoms with Gasteiger partial charge in [0.05, 0.1) is 0 Å². The molecule has 1 aromatic carbocycles. The molecule has 2 rings (SSSR count). The summed E-state index contributed by atoms with van der Waals surface area (Å²) in [5.41, 5.74) is 1.64. The Labute approximate surface area is 123 Å². The molecule has 1 aliphatic carbocycles. The van der Waals surface area contributed by atoms with Crippen LogP contribution in [0, 0.1) is 5.41 Å². The van der Waals surface area contributed by atoms with Crippen molar-refractivity contribution in [2.75, 3.05) is 7.05 Å². The van der Waals surface area contributed by atoms with Crippen molar-refractivity contribution < 1.29 is 4.74 Å². The van der Waals surface area contributed by atoms with Gasteiger partial charge in [-0.1, -0.05) is 39.8 Å². The molecule has 0 bridgehead atoms. The van der Waals surface area contributed by atoms with E-state index in [1.165, 1.54) is 18.4 Å². The summed E-state index contributed by atoms with van der Waals surface area (Å²) in [5, 5.41) is 3.48. The van der Waals surface area contributed by atoms with E-state index in [1.54, 1.807) is 0 Å². The standard InChI is InChI=1S/C18H29NO/c1-13(2)14-8-6-9-15(12-14)20-16-10-7-11-18(3,4)17(16)19-5/h6,8-9,12-13,16-17,19H,7,10-11H2,1-5H3. The predicted octanol–water partition coefficient (Wildman–Crippen LogP) is 4.36. The minimum atomic E-state index is 0.270. The zero-order valence-electron chi connectivity index (χ0n) is 13.6. The molecule has 0 aromatic heterocycles. The molecule has 1 N–H and O–H groups in total. The van der Waals surface area contributed by atoms with Crippen LogP contribution >= 0.6 is 0 Å². The van der Waals surface area contributed by atoms with E-state index in [-0.39, 0.29) is 6.10 Å². The van der Waals surface area contributed by atoms with Crippen molar-refractivity contribution in [2.24, 2.45) is 5.41 Å². The van der Waals surface area contributed by atoms with Gasteiger partial charge >= 0.3 is 0 Å². The largest absolute Gasteiger partial charge is 0.489 e. The highest BCUT2D eigenvalue weighted by molar-refractivity contribution is 5.30. The minimum absolute atomic E-state index is 0.270. The van der Waals surface area contributed by atoms with Crippen molar-refractivity contribution in [3.8, 4) is 5.75 Å². The summed E-state index contributed by atoms with van der Waals surface area (Å²) in [6, 6.07) is 8.98. The maximum atomic E-state index is 6.32. The Morgan fingerprint density at radius 2 is 2.05 bits per heavy atom. The van der Waals surface area contributed by atoms with Crippen molar-refractivity contribution in [2.45, 2.75) is 65.0 Å². The second-order valence-corrected chi connectivity index (χ2v) is 7.03. The Hall–Kier alpha value is -1.02. The molecule has 112 valence electrons. The van der Waals surface area contributed by atoms with E-state index in [2.05, 4.69) is 64.3 Å². The highest BCUT2D eigenvalue weighted by atomic mass is 16.5. The van der Waals surface area contributed by atoms with Crippen LogP contribution < -0.4 is 10.1 Å². The summed E-state index contributed by atoms with van der Waals surface area (Å²) in [7, 11) is 2.05. The van der Waals surface area contributed by atoms with Gasteiger partial charge in [0, 0.05) is 6.04 Å². The van der Waals surface area contributed by atoms with Crippen molar-refractivity contribution in [1.29, 1.82) is 0 Å². The molecule has 20 heavy (non-hydrogen) atoms. The summed E-state index contributed by atoms with van der Waals surface area (Å²) in [6.45, 7) is 9.13. The van der Waals surface area contributed by atoms with E-state index in [0.29, 0.717) is 17.4 Å². The molecular weight excluding hydrogens is 246 g/mol. The van der Waals surface area contributed by atoms with Crippen LogP contribution in [-0.2, 0) is 0 Å². The van der Waals surface area contributed by atoms with Gasteiger partial charge in [-0.15, -0.1) is 0 Å². The van der Waals surface area contributed by atoms with Crippen LogP contribution in [0.5, 0.6) is 5.75 Å². The lowest BCUT2D eigenvalue weighted by molar-refractivity contribution is 0.0403. The van der Waals surface area contributed by atoms with E-state index in [0.717, 1.165) is 12.2 Å². The topological polar surface area (TPSA) is 21.3 Å². The molecule has 0 amide bonds. The first-order valence-electron chi connectivity index (χ1n) is 7.88. The lowest BCUT2D eigenvalue weighted by Crippen LogP contribution is -2.53. The summed E-state index contributed by atoms with van der Waals surface area (Å²) >= 11 is 0. The molecule has 1 aromatic rings. The average Bonchev–Trinajstić information content (AvgIpc) is 2.38. The molecule has 0 radical (unpaired) electrons. The van der Waals surface area contributed by atoms with Crippen molar-refractivity contribution in [1.82, 2.24) is 5.32 Å². The van der Waals surface area contributed by atoms with Gasteiger partial charge in [-0.2, -0.15) is 0 Å². The molecule has 1 saturated carbocycles. The quantitative estimate of drug-likeness (QED) is 0.881. The number of likely N-dealkylation sites (N-methyl/N-ethyl adjacent to an activating group) is 1. The Bertz CT molecular complexity index is 439. The monoisotopic (exact) mass is 275 g/mol. The SMILES string of the molecule is CNC1C(Oc2cccc(C(C)C)c2)CCCC1(C)C. The Kier molecular flexibility index (Phi) is 4.74. The number of hydrogen-bond donors (Lipinski definition) is 1. The number of benzene rings is 1. The van der Waals surface area contributed by atoms with Crippen LogP contribution in [0.1, 0.15) is 58.4 Å². The second kappa shape index (κ2) is 6.17. The molecule has 2 nitrogen and oxygen atoms in total. The van der Waals surface area contributed by atoms with Gasteiger partial charge in [0.1, 0.15) is 11.9 Å². The van der Waals surface area contributed by atoms with E-state index >= 15 is 0 Å². The van der Waals surface area contributed by atoms with E-state index in [1.807, 2.05) is 0 Å². The van der Waals surface area contributed by atoms with Crippen LogP contribution in [-0.4, -0.2) is 19.2 Å². The number of nitrogens with one attached hydrogen (secondary N) is 1. The number of hydrogen-bond acceptors (Lipinski definition) is 2. The van der Waals surface area contributed by atoms with Crippen molar-refractivity contribution in [3.05, 3.63) is 29.8 Å². The van der Waals surface area contributed by atoms with Gasteiger partial charge in [0.2, 0.25) is 0 Å². The predicted molar refractivity (Wildman–Crippen MR) is 85.4 cm³/mol. The highest BCUT2D eigenvalue weighted by Gasteiger charge is 2.39. The molecule has 2 unspecified atom stereocenters. The molecule has 0 spiro atoms. The van der Waals surface area contributed by atoms with Crippen LogP contribution in [0.4, 0.5) is 0 Å². The summed E-state index contributed by atoms with van der Waals surface area (Å²) in [4.78, 5) is 0. The molecule has 2 heteroatoms. The van der Waals surface area contributed by atoms with Crippen LogP contribution in [0.3, 0.4) is 0 Å². The fraction of sp³-hybridized carbons (Fsp3) is 0.667. The molecular formula is C18H29NO. The zero-order chi connectivity index (χ0) is 14.8. The van der Waals surface area contributed by atoms with E-state index in [9.17, 15) is 0 Å². The van der Waals surface area contributed by atoms with Gasteiger partial charge in [-0.05, 0) is 55.3 Å². The number of rotatable bonds is 4. The maximum Gasteiger partial charge on any atom is 0.120 e. The first-order chi connectivity index (χ1) is 9.44. The molecule has 0 aliphatic heterocycles. The fourth-order valence-corrected chi connectivity index (χ4v) is 3.41. The third-order valence-electron chi connectivity index (χ3n) is 4.65. The summed E-state index contributed by atoms with van der Waals surface area (Å²) in [6.07, 6.45) is 3.93. The first kappa shape index (κ1) is 15.4. The molecule has 0 saturated heterocycles. The Morgan fingerprint density at radius 3 is 2.70 bits per heavy atom. The third kappa shape index (κ3) is 3.35. The minimum Gasteiger partial charge on any atom is -0.489 e. The smallest absolute Gasteiger partial charge is 0.120 e. The lowest BCUT2D eigenvalue weighted by Gasteiger charge is -2.43. The normalized spacial score (nSPS) is 25.7. The van der Waals surface area contributed by atoms with Crippen molar-refractivity contribution >= 4 is 0 Å². The van der Waals surface area contributed by atoms with Crippen LogP contribution in [0.15, 0.2) is 24.3 Å². The van der Waals surface area contributed by atoms with Crippen LogP contribution in [0.2, 0.25) is 0 Å². The summed E-state index contributed by atoms with van der Waals surface area (Å²) < 4.78 is 6.32. The molecule has 1 fully saturated rings. The van der Waals surface area contributed by atoms with Gasteiger partial charge in [-0.25, -0.2) is 0 Å². The van der Waals surface area contributed by atoms with Gasteiger partial charge in [-0.3, -0.25) is 0 Å². The van der Waals surface area contributed by atoms with Gasteiger partial charge in [0.25, 0.3) is 0 Å². The van der Waals surface area contributed by atoms with Gasteiger partial charge < -0.3 is 10.1 Å². The van der Waals surface area contributed by atoms with Crippen LogP contribution in [0.25, 0.3) is 0 Å². The van der Waals surface area contributed by atoms with E-state index in [4.69, 9.17) is 4.74 Å². The molecule has 1 aliphatic rings. The molecule has 2 atom stereocenters. The second-order valence-electron chi connectivity index (χ2n) is 7.03. The highest BCUT2D eigenvalue weighted by Crippen LogP contribution is 2.37. The third-order valence-corrected chi connectivity index (χ3v) is 4.65. The summed E-state index contributed by atoms with van der Waals surface area (Å²) in [5.74, 6) is 1.56. The average molecular weight is 275 g/mol. The Balaban J connectivity index is 2.14. The first-order valence-corrected chi connectivity index (χ1v) is 7.88. The maximum absolute atomic E-state index is 6.32.